The van der Waals surface area contributed by atoms with Crippen molar-refractivity contribution < 1.29 is 18.0 Å². The van der Waals surface area contributed by atoms with Gasteiger partial charge >= 0.3 is 0 Å². The average Bonchev–Trinajstić information content (AvgIpc) is 3.74. The van der Waals surface area contributed by atoms with Gasteiger partial charge in [0.1, 0.15) is 0 Å². The van der Waals surface area contributed by atoms with E-state index in [1.54, 1.807) is 0 Å². The van der Waals surface area contributed by atoms with Crippen LogP contribution in [0.1, 0.15) is 41.0 Å². The number of amides is 2. The van der Waals surface area contributed by atoms with Crippen molar-refractivity contribution in [3.8, 4) is 5.69 Å². The predicted molar refractivity (Wildman–Crippen MR) is 165 cm³/mol. The third-order valence-corrected chi connectivity index (χ3v) is 10.5. The van der Waals surface area contributed by atoms with Gasteiger partial charge in [0, 0.05) is 36.6 Å². The number of carbonyl (C=O) groups is 2. The third kappa shape index (κ3) is 6.22. The first-order valence-electron chi connectivity index (χ1n) is 14.3. The molecule has 43 heavy (non-hydrogen) atoms. The highest BCUT2D eigenvalue weighted by atomic mass is 32.2. The Labute approximate surface area is 255 Å². The van der Waals surface area contributed by atoms with Crippen LogP contribution in [-0.2, 0) is 27.8 Å². The van der Waals surface area contributed by atoms with Gasteiger partial charge < -0.3 is 10.2 Å². The monoisotopic (exact) mass is 616 g/mol. The van der Waals surface area contributed by atoms with Gasteiger partial charge in [-0.25, -0.2) is 8.42 Å². The van der Waals surface area contributed by atoms with E-state index >= 15 is 0 Å². The van der Waals surface area contributed by atoms with E-state index in [0.29, 0.717) is 36.2 Å². The van der Waals surface area contributed by atoms with Gasteiger partial charge in [-0.2, -0.15) is 4.31 Å². The Bertz CT molecular complexity index is 1720. The largest absolute Gasteiger partial charge is 0.345 e. The minimum absolute atomic E-state index is 0.00445. The molecule has 0 unspecified atom stereocenters. The zero-order valence-electron chi connectivity index (χ0n) is 23.6. The van der Waals surface area contributed by atoms with Crippen LogP contribution in [0.3, 0.4) is 0 Å². The molecule has 0 bridgehead atoms. The molecule has 1 N–H and O–H groups in total. The zero-order valence-corrected chi connectivity index (χ0v) is 25.2. The summed E-state index contributed by atoms with van der Waals surface area (Å²) in [6.07, 6.45) is 3.61. The maximum Gasteiger partial charge on any atom is 0.251 e. The lowest BCUT2D eigenvalue weighted by Gasteiger charge is -2.29. The third-order valence-electron chi connectivity index (χ3n) is 7.68. The van der Waals surface area contributed by atoms with Crippen molar-refractivity contribution in [3.63, 3.8) is 0 Å². The lowest BCUT2D eigenvalue weighted by atomic mass is 10.0. The molecule has 2 aliphatic rings. The number of aryl methyl sites for hydroxylation is 1. The summed E-state index contributed by atoms with van der Waals surface area (Å²) in [5.74, 6) is 0.343. The molecule has 0 spiro atoms. The molecule has 1 fully saturated rings. The molecule has 2 amide bonds. The van der Waals surface area contributed by atoms with Gasteiger partial charge in [0.05, 0.1) is 17.2 Å². The van der Waals surface area contributed by atoms with Crippen molar-refractivity contribution in [2.45, 2.75) is 42.3 Å². The number of thioether (sulfide) groups is 1. The topological polar surface area (TPSA) is 117 Å². The number of nitrogens with zero attached hydrogens (tertiary/aromatic N) is 5. The van der Waals surface area contributed by atoms with E-state index in [-0.39, 0.29) is 29.0 Å². The molecule has 0 atom stereocenters. The SMILES string of the molecule is O=C(NCc1nnc(SCC(=O)N2CCCc3ccccc32)n1-c1ccccc1)c1ccc(S(=O)(=O)N2CCCC2)cc1. The normalized spacial score (nSPS) is 15.3. The minimum Gasteiger partial charge on any atom is -0.345 e. The molecule has 1 saturated heterocycles. The highest BCUT2D eigenvalue weighted by Crippen LogP contribution is 2.29. The van der Waals surface area contributed by atoms with Crippen molar-refractivity contribution in [1.82, 2.24) is 24.4 Å². The summed E-state index contributed by atoms with van der Waals surface area (Å²) < 4.78 is 29.0. The quantitative estimate of drug-likeness (QED) is 0.282. The van der Waals surface area contributed by atoms with E-state index in [1.165, 1.54) is 45.9 Å². The molecule has 2 aliphatic heterocycles. The summed E-state index contributed by atoms with van der Waals surface area (Å²) in [7, 11) is -3.55. The van der Waals surface area contributed by atoms with Crippen LogP contribution in [0, 0.1) is 0 Å². The first-order chi connectivity index (χ1) is 20.9. The van der Waals surface area contributed by atoms with Crippen LogP contribution in [0.15, 0.2) is 88.9 Å². The maximum atomic E-state index is 13.3. The molecule has 4 aromatic rings. The van der Waals surface area contributed by atoms with E-state index in [1.807, 2.05) is 58.0 Å². The molecular weight excluding hydrogens is 585 g/mol. The van der Waals surface area contributed by atoms with E-state index < -0.39 is 10.0 Å². The molecule has 12 heteroatoms. The fourth-order valence-corrected chi connectivity index (χ4v) is 7.82. The zero-order chi connectivity index (χ0) is 29.8. The molecule has 0 saturated carbocycles. The Kier molecular flexibility index (Phi) is 8.59. The number of hydrogen-bond acceptors (Lipinski definition) is 7. The molecule has 0 radical (unpaired) electrons. The summed E-state index contributed by atoms with van der Waals surface area (Å²) in [4.78, 5) is 28.3. The Balaban J connectivity index is 1.15. The van der Waals surface area contributed by atoms with Crippen LogP contribution in [-0.4, -0.2) is 64.7 Å². The Morgan fingerprint density at radius 1 is 0.837 bits per heavy atom. The van der Waals surface area contributed by atoms with Crippen molar-refractivity contribution >= 4 is 39.3 Å². The summed E-state index contributed by atoms with van der Waals surface area (Å²) in [6, 6.07) is 23.5. The second-order valence-electron chi connectivity index (χ2n) is 10.5. The smallest absolute Gasteiger partial charge is 0.251 e. The molecule has 1 aromatic heterocycles. The van der Waals surface area contributed by atoms with E-state index in [9.17, 15) is 18.0 Å². The second-order valence-corrected chi connectivity index (χ2v) is 13.3. The van der Waals surface area contributed by atoms with Crippen molar-refractivity contribution in [2.24, 2.45) is 0 Å². The van der Waals surface area contributed by atoms with E-state index in [0.717, 1.165) is 37.1 Å². The van der Waals surface area contributed by atoms with Crippen LogP contribution in [0.25, 0.3) is 5.69 Å². The van der Waals surface area contributed by atoms with Crippen molar-refractivity contribution in [2.75, 3.05) is 30.3 Å². The van der Waals surface area contributed by atoms with Gasteiger partial charge in [-0.15, -0.1) is 10.2 Å². The lowest BCUT2D eigenvalue weighted by Crippen LogP contribution is -2.36. The molecule has 3 aromatic carbocycles. The number of aromatic nitrogens is 3. The number of benzene rings is 3. The molecular formula is C31H32N6O4S2. The van der Waals surface area contributed by atoms with Crippen molar-refractivity contribution in [1.29, 1.82) is 0 Å². The fourth-order valence-electron chi connectivity index (χ4n) is 5.46. The number of para-hydroxylation sites is 2. The molecule has 0 aliphatic carbocycles. The average molecular weight is 617 g/mol. The standard InChI is InChI=1S/C31H32N6O4S2/c38-29(36-20-8-10-23-9-4-5-13-27(23)36)22-42-31-34-33-28(37(31)25-11-2-1-3-12-25)21-32-30(39)24-14-16-26(17-15-24)43(40,41)35-18-6-7-19-35/h1-5,9,11-17H,6-8,10,18-22H2,(H,32,39). The highest BCUT2D eigenvalue weighted by molar-refractivity contribution is 7.99. The summed E-state index contributed by atoms with van der Waals surface area (Å²) in [5, 5.41) is 12.1. The minimum atomic E-state index is -3.55. The van der Waals surface area contributed by atoms with Gasteiger partial charge in [-0.05, 0) is 73.7 Å². The van der Waals surface area contributed by atoms with Gasteiger partial charge in [0.15, 0.2) is 11.0 Å². The Morgan fingerprint density at radius 2 is 1.56 bits per heavy atom. The predicted octanol–water partition coefficient (Wildman–Crippen LogP) is 4.05. The first-order valence-corrected chi connectivity index (χ1v) is 16.7. The number of sulfonamides is 1. The number of nitrogens with one attached hydrogen (secondary N) is 1. The number of hydrogen-bond donors (Lipinski definition) is 1. The summed E-state index contributed by atoms with van der Waals surface area (Å²) >= 11 is 1.31. The van der Waals surface area contributed by atoms with Crippen LogP contribution in [0.5, 0.6) is 0 Å². The Hall–Kier alpha value is -4.00. The lowest BCUT2D eigenvalue weighted by molar-refractivity contribution is -0.116. The van der Waals surface area contributed by atoms with Gasteiger partial charge in [-0.1, -0.05) is 48.2 Å². The van der Waals surface area contributed by atoms with Crippen LogP contribution in [0.4, 0.5) is 5.69 Å². The number of fused-ring (bicyclic) bond motifs is 1. The van der Waals surface area contributed by atoms with Crippen LogP contribution < -0.4 is 10.2 Å². The van der Waals surface area contributed by atoms with Crippen LogP contribution in [0.2, 0.25) is 0 Å². The molecule has 222 valence electrons. The number of rotatable bonds is 9. The second kappa shape index (κ2) is 12.7. The molecule has 3 heterocycles. The van der Waals surface area contributed by atoms with Gasteiger partial charge in [0.25, 0.3) is 5.91 Å². The number of anilines is 1. The summed E-state index contributed by atoms with van der Waals surface area (Å²) in [6.45, 7) is 1.81. The summed E-state index contributed by atoms with van der Waals surface area (Å²) in [5.41, 5.74) is 3.30. The molecule has 10 nitrogen and oxygen atoms in total. The van der Waals surface area contributed by atoms with Gasteiger partial charge in [0.2, 0.25) is 15.9 Å². The molecule has 6 rings (SSSR count). The number of carbonyl (C=O) groups excluding carboxylic acids is 2. The van der Waals surface area contributed by atoms with Crippen molar-refractivity contribution in [3.05, 3.63) is 95.8 Å². The highest BCUT2D eigenvalue weighted by Gasteiger charge is 2.27. The van der Waals surface area contributed by atoms with Crippen LogP contribution >= 0.6 is 11.8 Å². The van der Waals surface area contributed by atoms with E-state index in [2.05, 4.69) is 21.6 Å². The maximum absolute atomic E-state index is 13.3. The van der Waals surface area contributed by atoms with Gasteiger partial charge in [-0.3, -0.25) is 14.2 Å². The van der Waals surface area contributed by atoms with E-state index in [4.69, 9.17) is 0 Å². The Morgan fingerprint density at radius 3 is 2.33 bits per heavy atom. The fraction of sp³-hybridized carbons (Fsp3) is 0.290. The first kappa shape index (κ1) is 29.1.